The number of hydrogen-bond donors (Lipinski definition) is 1. The highest BCUT2D eigenvalue weighted by atomic mass is 16.5. The summed E-state index contributed by atoms with van der Waals surface area (Å²) in [4.78, 5) is 17.1. The number of carbonyl (C=O) groups is 1. The maximum Gasteiger partial charge on any atom is 0.254 e. The first-order valence-electron chi connectivity index (χ1n) is 8.46. The zero-order chi connectivity index (χ0) is 16.3. The third-order valence-corrected chi connectivity index (χ3v) is 5.04. The highest BCUT2D eigenvalue weighted by Crippen LogP contribution is 2.26. The van der Waals surface area contributed by atoms with Gasteiger partial charge in [-0.2, -0.15) is 0 Å². The molecule has 0 aromatic heterocycles. The molecule has 1 unspecified atom stereocenters. The van der Waals surface area contributed by atoms with E-state index in [2.05, 4.69) is 17.1 Å². The largest absolute Gasteiger partial charge is 0.497 e. The summed E-state index contributed by atoms with van der Waals surface area (Å²) in [6.45, 7) is 9.26. The molecule has 0 bridgehead atoms. The van der Waals surface area contributed by atoms with Crippen LogP contribution in [0.4, 0.5) is 0 Å². The lowest BCUT2D eigenvalue weighted by Gasteiger charge is -2.38. The summed E-state index contributed by atoms with van der Waals surface area (Å²) in [7, 11) is 1.63. The first-order chi connectivity index (χ1) is 11.1. The number of methoxy groups -OCH3 is 1. The SMILES string of the molecule is COc1cccc(C(=O)N2CCN(CC3(C)CCNC3)CC2)c1. The minimum absolute atomic E-state index is 0.109. The van der Waals surface area contributed by atoms with Crippen molar-refractivity contribution in [2.45, 2.75) is 13.3 Å². The van der Waals surface area contributed by atoms with Crippen LogP contribution < -0.4 is 10.1 Å². The van der Waals surface area contributed by atoms with E-state index in [4.69, 9.17) is 4.74 Å². The molecule has 0 aliphatic carbocycles. The molecule has 1 atom stereocenters. The average molecular weight is 317 g/mol. The lowest BCUT2D eigenvalue weighted by Crippen LogP contribution is -2.51. The van der Waals surface area contributed by atoms with E-state index in [1.807, 2.05) is 29.2 Å². The maximum absolute atomic E-state index is 12.6. The standard InChI is InChI=1S/C18H27N3O2/c1-18(6-7-19-13-18)14-20-8-10-21(11-9-20)17(22)15-4-3-5-16(12-15)23-2/h3-5,12,19H,6-11,13-14H2,1-2H3. The Morgan fingerprint density at radius 1 is 1.30 bits per heavy atom. The molecule has 1 aromatic carbocycles. The van der Waals surface area contributed by atoms with Crippen LogP contribution in [0.1, 0.15) is 23.7 Å². The number of carbonyl (C=O) groups excluding carboxylic acids is 1. The summed E-state index contributed by atoms with van der Waals surface area (Å²) in [5.41, 5.74) is 1.10. The van der Waals surface area contributed by atoms with Crippen LogP contribution in [0, 0.1) is 5.41 Å². The van der Waals surface area contributed by atoms with Crippen molar-refractivity contribution in [3.8, 4) is 5.75 Å². The van der Waals surface area contributed by atoms with Crippen molar-refractivity contribution >= 4 is 5.91 Å². The highest BCUT2D eigenvalue weighted by Gasteiger charge is 2.32. The van der Waals surface area contributed by atoms with Crippen LogP contribution in [-0.2, 0) is 0 Å². The Morgan fingerprint density at radius 2 is 2.09 bits per heavy atom. The second kappa shape index (κ2) is 6.89. The molecule has 2 fully saturated rings. The van der Waals surface area contributed by atoms with Gasteiger partial charge in [0.05, 0.1) is 7.11 Å². The topological polar surface area (TPSA) is 44.8 Å². The van der Waals surface area contributed by atoms with Gasteiger partial charge in [-0.3, -0.25) is 9.69 Å². The predicted molar refractivity (Wildman–Crippen MR) is 90.9 cm³/mol. The number of nitrogens with one attached hydrogen (secondary N) is 1. The minimum Gasteiger partial charge on any atom is -0.497 e. The Balaban J connectivity index is 1.54. The number of nitrogens with zero attached hydrogens (tertiary/aromatic N) is 2. The molecule has 23 heavy (non-hydrogen) atoms. The van der Waals surface area contributed by atoms with E-state index in [1.54, 1.807) is 7.11 Å². The number of amides is 1. The molecular formula is C18H27N3O2. The second-order valence-corrected chi connectivity index (χ2v) is 7.04. The van der Waals surface area contributed by atoms with Crippen LogP contribution in [0.15, 0.2) is 24.3 Å². The quantitative estimate of drug-likeness (QED) is 0.913. The zero-order valence-electron chi connectivity index (χ0n) is 14.2. The van der Waals surface area contributed by atoms with Crippen molar-refractivity contribution in [3.05, 3.63) is 29.8 Å². The van der Waals surface area contributed by atoms with Crippen molar-refractivity contribution in [2.24, 2.45) is 5.41 Å². The fourth-order valence-corrected chi connectivity index (χ4v) is 3.59. The molecule has 1 amide bonds. The summed E-state index contributed by atoms with van der Waals surface area (Å²) in [6.07, 6.45) is 1.25. The van der Waals surface area contributed by atoms with E-state index >= 15 is 0 Å². The molecule has 0 spiro atoms. The van der Waals surface area contributed by atoms with Gasteiger partial charge in [-0.25, -0.2) is 0 Å². The van der Waals surface area contributed by atoms with Crippen molar-refractivity contribution in [1.82, 2.24) is 15.1 Å². The highest BCUT2D eigenvalue weighted by molar-refractivity contribution is 5.94. The van der Waals surface area contributed by atoms with Gasteiger partial charge in [0.25, 0.3) is 5.91 Å². The number of ether oxygens (including phenoxy) is 1. The number of rotatable bonds is 4. The van der Waals surface area contributed by atoms with E-state index < -0.39 is 0 Å². The molecule has 2 heterocycles. The Hall–Kier alpha value is -1.59. The normalized spacial score (nSPS) is 25.6. The van der Waals surface area contributed by atoms with E-state index in [1.165, 1.54) is 6.42 Å². The van der Waals surface area contributed by atoms with Gasteiger partial charge in [-0.05, 0) is 36.6 Å². The molecule has 2 saturated heterocycles. The molecule has 1 aromatic rings. The Bertz CT molecular complexity index is 547. The van der Waals surface area contributed by atoms with Gasteiger partial charge in [-0.15, -0.1) is 0 Å². The fraction of sp³-hybridized carbons (Fsp3) is 0.611. The molecule has 1 N–H and O–H groups in total. The van der Waals surface area contributed by atoms with Crippen LogP contribution in [0.25, 0.3) is 0 Å². The number of hydrogen-bond acceptors (Lipinski definition) is 4. The van der Waals surface area contributed by atoms with Gasteiger partial charge >= 0.3 is 0 Å². The van der Waals surface area contributed by atoms with Gasteiger partial charge in [-0.1, -0.05) is 13.0 Å². The van der Waals surface area contributed by atoms with Crippen molar-refractivity contribution < 1.29 is 9.53 Å². The van der Waals surface area contributed by atoms with Gasteiger partial charge in [0.2, 0.25) is 0 Å². The molecule has 2 aliphatic rings. The molecule has 2 aliphatic heterocycles. The van der Waals surface area contributed by atoms with E-state index in [0.717, 1.165) is 51.6 Å². The van der Waals surface area contributed by atoms with Crippen molar-refractivity contribution in [1.29, 1.82) is 0 Å². The number of benzene rings is 1. The summed E-state index contributed by atoms with van der Waals surface area (Å²) in [5, 5.41) is 3.46. The molecule has 5 heteroatoms. The smallest absolute Gasteiger partial charge is 0.254 e. The molecular weight excluding hydrogens is 290 g/mol. The van der Waals surface area contributed by atoms with E-state index in [-0.39, 0.29) is 5.91 Å². The van der Waals surface area contributed by atoms with E-state index in [0.29, 0.717) is 11.0 Å². The van der Waals surface area contributed by atoms with Crippen LogP contribution in [0.2, 0.25) is 0 Å². The van der Waals surface area contributed by atoms with Crippen LogP contribution in [0.3, 0.4) is 0 Å². The summed E-state index contributed by atoms with van der Waals surface area (Å²) < 4.78 is 5.21. The van der Waals surface area contributed by atoms with Crippen molar-refractivity contribution in [3.63, 3.8) is 0 Å². The second-order valence-electron chi connectivity index (χ2n) is 7.04. The molecule has 126 valence electrons. The molecule has 3 rings (SSSR count). The molecule has 0 radical (unpaired) electrons. The van der Waals surface area contributed by atoms with Gasteiger partial charge in [0.15, 0.2) is 0 Å². The van der Waals surface area contributed by atoms with E-state index in [9.17, 15) is 4.79 Å². The zero-order valence-corrected chi connectivity index (χ0v) is 14.2. The van der Waals surface area contributed by atoms with Crippen LogP contribution in [0.5, 0.6) is 5.75 Å². The van der Waals surface area contributed by atoms with Gasteiger partial charge in [0, 0.05) is 44.8 Å². The maximum atomic E-state index is 12.6. The Kier molecular flexibility index (Phi) is 4.87. The summed E-state index contributed by atoms with van der Waals surface area (Å²) in [6, 6.07) is 7.42. The average Bonchev–Trinajstić information content (AvgIpc) is 3.01. The van der Waals surface area contributed by atoms with Gasteiger partial charge < -0.3 is 15.0 Å². The monoisotopic (exact) mass is 317 g/mol. The van der Waals surface area contributed by atoms with Crippen LogP contribution in [-0.4, -0.2) is 68.6 Å². The third-order valence-electron chi connectivity index (χ3n) is 5.04. The lowest BCUT2D eigenvalue weighted by atomic mass is 9.89. The first kappa shape index (κ1) is 16.3. The fourth-order valence-electron chi connectivity index (χ4n) is 3.59. The molecule has 0 saturated carbocycles. The summed E-state index contributed by atoms with van der Waals surface area (Å²) >= 11 is 0. The van der Waals surface area contributed by atoms with Crippen molar-refractivity contribution in [2.75, 3.05) is 52.9 Å². The third kappa shape index (κ3) is 3.85. The predicted octanol–water partition coefficient (Wildman–Crippen LogP) is 1.45. The molecule has 5 nitrogen and oxygen atoms in total. The first-order valence-corrected chi connectivity index (χ1v) is 8.46. The lowest BCUT2D eigenvalue weighted by molar-refractivity contribution is 0.0581. The van der Waals surface area contributed by atoms with Gasteiger partial charge in [0.1, 0.15) is 5.75 Å². The number of piperazine rings is 1. The minimum atomic E-state index is 0.109. The Morgan fingerprint density at radius 3 is 2.74 bits per heavy atom. The van der Waals surface area contributed by atoms with Crippen LogP contribution >= 0.6 is 0 Å². The summed E-state index contributed by atoms with van der Waals surface area (Å²) in [5.74, 6) is 0.841. The Labute approximate surface area is 138 Å².